The number of aromatic nitrogens is 1. The number of halogens is 1. The van der Waals surface area contributed by atoms with E-state index in [9.17, 15) is 26.0 Å². The molecule has 1 aliphatic rings. The third-order valence-electron chi connectivity index (χ3n) is 4.34. The van der Waals surface area contributed by atoms with Crippen LogP contribution < -0.4 is 5.32 Å². The monoisotopic (exact) mass is 412 g/mol. The summed E-state index contributed by atoms with van der Waals surface area (Å²) in [6, 6.07) is 6.26. The van der Waals surface area contributed by atoms with Crippen molar-refractivity contribution in [1.29, 1.82) is 0 Å². The summed E-state index contributed by atoms with van der Waals surface area (Å²) in [6.07, 6.45) is 3.08. The van der Waals surface area contributed by atoms with Crippen LogP contribution in [-0.4, -0.2) is 44.5 Å². The zero-order valence-corrected chi connectivity index (χ0v) is 15.8. The highest BCUT2D eigenvalue weighted by Crippen LogP contribution is 2.26. The summed E-state index contributed by atoms with van der Waals surface area (Å²) >= 11 is 0. The zero-order chi connectivity index (χ0) is 19.7. The van der Waals surface area contributed by atoms with Gasteiger partial charge in [0, 0.05) is 18.9 Å². The average Bonchev–Trinajstić information content (AvgIpc) is 3.01. The SMILES string of the molecule is O=C(NCc1ccncc1)c1cc(S(=O)(=O)[C@H]2CCS(=O)(=O)C2)ccc1F. The molecule has 0 radical (unpaired) electrons. The van der Waals surface area contributed by atoms with Gasteiger partial charge in [-0.25, -0.2) is 21.2 Å². The summed E-state index contributed by atoms with van der Waals surface area (Å²) in [4.78, 5) is 15.9. The molecule has 2 aromatic rings. The number of benzene rings is 1. The Morgan fingerprint density at radius 2 is 1.93 bits per heavy atom. The van der Waals surface area contributed by atoms with Gasteiger partial charge in [-0.15, -0.1) is 0 Å². The third-order valence-corrected chi connectivity index (χ3v) is 8.51. The number of hydrogen-bond donors (Lipinski definition) is 1. The van der Waals surface area contributed by atoms with Crippen LogP contribution in [0.1, 0.15) is 22.3 Å². The highest BCUT2D eigenvalue weighted by atomic mass is 32.2. The Kier molecular flexibility index (Phi) is 5.29. The van der Waals surface area contributed by atoms with Crippen molar-refractivity contribution in [1.82, 2.24) is 10.3 Å². The van der Waals surface area contributed by atoms with Crippen LogP contribution in [0.15, 0.2) is 47.6 Å². The molecule has 1 aromatic carbocycles. The molecule has 0 aliphatic carbocycles. The Morgan fingerprint density at radius 3 is 2.56 bits per heavy atom. The second-order valence-electron chi connectivity index (χ2n) is 6.25. The average molecular weight is 412 g/mol. The number of sulfone groups is 2. The van der Waals surface area contributed by atoms with Crippen molar-refractivity contribution in [3.63, 3.8) is 0 Å². The lowest BCUT2D eigenvalue weighted by molar-refractivity contribution is 0.0946. The van der Waals surface area contributed by atoms with Crippen molar-refractivity contribution < 1.29 is 26.0 Å². The normalized spacial score (nSPS) is 18.9. The lowest BCUT2D eigenvalue weighted by Crippen LogP contribution is -2.26. The molecule has 3 rings (SSSR count). The molecule has 144 valence electrons. The van der Waals surface area contributed by atoms with E-state index in [0.29, 0.717) is 0 Å². The van der Waals surface area contributed by atoms with E-state index in [-0.39, 0.29) is 23.6 Å². The fraction of sp³-hybridized carbons (Fsp3) is 0.294. The molecule has 1 atom stereocenters. The molecule has 1 fully saturated rings. The van der Waals surface area contributed by atoms with Gasteiger partial charge in [-0.3, -0.25) is 9.78 Å². The molecule has 1 N–H and O–H groups in total. The van der Waals surface area contributed by atoms with Gasteiger partial charge in [0.25, 0.3) is 5.91 Å². The zero-order valence-electron chi connectivity index (χ0n) is 14.1. The van der Waals surface area contributed by atoms with E-state index in [4.69, 9.17) is 0 Å². The highest BCUT2D eigenvalue weighted by Gasteiger charge is 2.38. The molecule has 1 amide bonds. The Bertz CT molecular complexity index is 1070. The maximum absolute atomic E-state index is 14.1. The van der Waals surface area contributed by atoms with Crippen LogP contribution in [0.5, 0.6) is 0 Å². The third kappa shape index (κ3) is 4.33. The predicted molar refractivity (Wildman–Crippen MR) is 96.1 cm³/mol. The quantitative estimate of drug-likeness (QED) is 0.737. The molecule has 0 saturated carbocycles. The number of hydrogen-bond acceptors (Lipinski definition) is 6. The minimum Gasteiger partial charge on any atom is -0.348 e. The first-order valence-corrected chi connectivity index (χ1v) is 11.5. The number of rotatable bonds is 5. The van der Waals surface area contributed by atoms with Crippen LogP contribution >= 0.6 is 0 Å². The number of nitrogens with one attached hydrogen (secondary N) is 1. The van der Waals surface area contributed by atoms with Crippen molar-refractivity contribution >= 4 is 25.6 Å². The molecule has 2 heterocycles. The lowest BCUT2D eigenvalue weighted by Gasteiger charge is -2.12. The van der Waals surface area contributed by atoms with E-state index in [1.165, 1.54) is 0 Å². The Hall–Kier alpha value is -2.33. The van der Waals surface area contributed by atoms with Gasteiger partial charge in [0.15, 0.2) is 19.7 Å². The van der Waals surface area contributed by atoms with E-state index in [0.717, 1.165) is 23.8 Å². The highest BCUT2D eigenvalue weighted by molar-refractivity contribution is 7.96. The molecule has 0 spiro atoms. The standard InChI is InChI=1S/C17H17FN2O5S2/c18-16-2-1-13(27(24,25)14-5-8-26(22,23)11-14)9-15(16)17(21)20-10-12-3-6-19-7-4-12/h1-4,6-7,9,14H,5,8,10-11H2,(H,20,21)/t14-/m0/s1. The number of carbonyl (C=O) groups is 1. The van der Waals surface area contributed by atoms with Crippen molar-refractivity contribution in [3.8, 4) is 0 Å². The topological polar surface area (TPSA) is 110 Å². The van der Waals surface area contributed by atoms with Gasteiger partial charge in [0.05, 0.1) is 27.2 Å². The van der Waals surface area contributed by atoms with Crippen molar-refractivity contribution in [2.24, 2.45) is 0 Å². The van der Waals surface area contributed by atoms with Gasteiger partial charge in [-0.05, 0) is 42.3 Å². The van der Waals surface area contributed by atoms with Crippen molar-refractivity contribution in [2.45, 2.75) is 23.1 Å². The Morgan fingerprint density at radius 1 is 1.22 bits per heavy atom. The van der Waals surface area contributed by atoms with Crippen LogP contribution in [0.2, 0.25) is 0 Å². The Balaban J connectivity index is 1.82. The van der Waals surface area contributed by atoms with Gasteiger partial charge < -0.3 is 5.32 Å². The van der Waals surface area contributed by atoms with Crippen LogP contribution in [0.3, 0.4) is 0 Å². The van der Waals surface area contributed by atoms with Crippen LogP contribution in [-0.2, 0) is 26.2 Å². The summed E-state index contributed by atoms with van der Waals surface area (Å²) in [6.45, 7) is 0.124. The molecule has 1 aliphatic heterocycles. The van der Waals surface area contributed by atoms with Crippen molar-refractivity contribution in [3.05, 3.63) is 59.7 Å². The predicted octanol–water partition coefficient (Wildman–Crippen LogP) is 1.11. The second kappa shape index (κ2) is 7.35. The van der Waals surface area contributed by atoms with Gasteiger partial charge >= 0.3 is 0 Å². The number of nitrogens with zero attached hydrogens (tertiary/aromatic N) is 1. The maximum Gasteiger partial charge on any atom is 0.254 e. The number of pyridine rings is 1. The van der Waals surface area contributed by atoms with E-state index < -0.39 is 48.0 Å². The summed E-state index contributed by atoms with van der Waals surface area (Å²) in [5, 5.41) is 1.44. The number of carbonyl (C=O) groups excluding carboxylic acids is 1. The van der Waals surface area contributed by atoms with E-state index in [1.54, 1.807) is 24.5 Å². The molecule has 1 aromatic heterocycles. The molecule has 27 heavy (non-hydrogen) atoms. The van der Waals surface area contributed by atoms with Gasteiger partial charge in [0.2, 0.25) is 0 Å². The summed E-state index contributed by atoms with van der Waals surface area (Å²) < 4.78 is 62.5. The fourth-order valence-corrected chi connectivity index (χ4v) is 7.22. The molecule has 10 heteroatoms. The minimum absolute atomic E-state index is 0.00832. The van der Waals surface area contributed by atoms with Gasteiger partial charge in [-0.1, -0.05) is 0 Å². The summed E-state index contributed by atoms with van der Waals surface area (Å²) in [5.74, 6) is -2.28. The maximum atomic E-state index is 14.1. The summed E-state index contributed by atoms with van der Waals surface area (Å²) in [7, 11) is -7.38. The second-order valence-corrected chi connectivity index (χ2v) is 10.7. The van der Waals surface area contributed by atoms with Gasteiger partial charge in [0.1, 0.15) is 5.82 Å². The smallest absolute Gasteiger partial charge is 0.254 e. The molecule has 0 bridgehead atoms. The Labute approximate surface area is 156 Å². The molecular formula is C17H17FN2O5S2. The number of amides is 1. The van der Waals surface area contributed by atoms with Crippen LogP contribution in [0, 0.1) is 5.82 Å². The first-order valence-electron chi connectivity index (χ1n) is 8.10. The first-order chi connectivity index (χ1) is 12.7. The van der Waals surface area contributed by atoms with E-state index >= 15 is 0 Å². The largest absolute Gasteiger partial charge is 0.348 e. The molecular weight excluding hydrogens is 395 g/mol. The van der Waals surface area contributed by atoms with Gasteiger partial charge in [-0.2, -0.15) is 0 Å². The van der Waals surface area contributed by atoms with Crippen LogP contribution in [0.4, 0.5) is 4.39 Å². The molecule has 1 saturated heterocycles. The summed E-state index contributed by atoms with van der Waals surface area (Å²) in [5.41, 5.74) is 0.338. The molecule has 7 nitrogen and oxygen atoms in total. The lowest BCUT2D eigenvalue weighted by atomic mass is 10.2. The molecule has 0 unspecified atom stereocenters. The minimum atomic E-state index is -3.98. The van der Waals surface area contributed by atoms with E-state index in [1.807, 2.05) is 0 Å². The van der Waals surface area contributed by atoms with Crippen molar-refractivity contribution in [2.75, 3.05) is 11.5 Å². The van der Waals surface area contributed by atoms with E-state index in [2.05, 4.69) is 10.3 Å². The first kappa shape index (κ1) is 19.4. The van der Waals surface area contributed by atoms with Crippen LogP contribution in [0.25, 0.3) is 0 Å². The fourth-order valence-electron chi connectivity index (χ4n) is 2.83.